The highest BCUT2D eigenvalue weighted by Gasteiger charge is 2.26. The monoisotopic (exact) mass is 978 g/mol. The highest BCUT2D eigenvalue weighted by Crippen LogP contribution is 2.31. The van der Waals surface area contributed by atoms with Gasteiger partial charge in [-0.3, -0.25) is 28.8 Å². The van der Waals surface area contributed by atoms with Gasteiger partial charge in [0, 0.05) is 34.9 Å². The lowest BCUT2D eigenvalue weighted by molar-refractivity contribution is -0.127. The number of anilines is 4. The number of aryl methyl sites for hydroxylation is 2. The van der Waals surface area contributed by atoms with E-state index in [1.165, 1.54) is 54.6 Å². The molecule has 2 unspecified atom stereocenters. The van der Waals surface area contributed by atoms with Gasteiger partial charge in [-0.15, -0.1) is 23.2 Å². The third-order valence-corrected chi connectivity index (χ3v) is 10.2. The van der Waals surface area contributed by atoms with Crippen molar-refractivity contribution < 1.29 is 33.5 Å². The fourth-order valence-corrected chi connectivity index (χ4v) is 6.86. The van der Waals surface area contributed by atoms with Crippen LogP contribution in [0.4, 0.5) is 34.1 Å². The number of ketones is 2. The maximum atomic E-state index is 13.4. The molecular formula is C45H39Cl5N8O7. The number of hydrogen-bond donors (Lipinski definition) is 4. The number of carbonyl (C=O) groups is 6. The minimum atomic E-state index is -1.64. The SMILES string of the molecule is CC(=O)C(N=Nc1ccc(Cl)c(C(=O)Nc2cccc(CCCl)c2)c1)C(=O)Nc1ccc(NC(=O)C(N=Nc2ccc(Cl)c(C(=O)Nc3cccc(CCCl)c3)c2)C(C)=O)c(OCCl)c1. The maximum absolute atomic E-state index is 13.4. The van der Waals surface area contributed by atoms with Gasteiger partial charge in [-0.25, -0.2) is 0 Å². The predicted octanol–water partition coefficient (Wildman–Crippen LogP) is 11.0. The van der Waals surface area contributed by atoms with Crippen LogP contribution >= 0.6 is 58.0 Å². The number of nitrogens with zero attached hydrogens (tertiary/aromatic N) is 4. The molecular weight excluding hydrogens is 942 g/mol. The third-order valence-electron chi connectivity index (χ3n) is 9.09. The fraction of sp³-hybridized carbons (Fsp3) is 0.200. The second kappa shape index (κ2) is 24.2. The Balaban J connectivity index is 1.26. The summed E-state index contributed by atoms with van der Waals surface area (Å²) in [6.07, 6.45) is 1.23. The highest BCUT2D eigenvalue weighted by atomic mass is 35.5. The van der Waals surface area contributed by atoms with Crippen LogP contribution in [0.25, 0.3) is 0 Å². The van der Waals surface area contributed by atoms with E-state index in [-0.39, 0.29) is 55.7 Å². The number of amides is 4. The number of ether oxygens (including phenoxy) is 1. The third kappa shape index (κ3) is 14.4. The first-order chi connectivity index (χ1) is 31.2. The first-order valence-corrected chi connectivity index (χ1v) is 21.8. The first kappa shape index (κ1) is 49.8. The Morgan fingerprint density at radius 3 is 1.46 bits per heavy atom. The van der Waals surface area contributed by atoms with E-state index in [1.54, 1.807) is 36.4 Å². The minimum absolute atomic E-state index is 0.0225. The van der Waals surface area contributed by atoms with Crippen LogP contribution in [0.5, 0.6) is 5.75 Å². The highest BCUT2D eigenvalue weighted by molar-refractivity contribution is 6.35. The molecule has 65 heavy (non-hydrogen) atoms. The number of rotatable bonds is 20. The smallest absolute Gasteiger partial charge is 0.258 e. The molecule has 0 saturated carbocycles. The summed E-state index contributed by atoms with van der Waals surface area (Å²) < 4.78 is 5.49. The van der Waals surface area contributed by atoms with Gasteiger partial charge in [0.15, 0.2) is 17.6 Å². The lowest BCUT2D eigenvalue weighted by Gasteiger charge is -2.15. The van der Waals surface area contributed by atoms with E-state index in [9.17, 15) is 28.8 Å². The molecule has 15 nitrogen and oxygen atoms in total. The van der Waals surface area contributed by atoms with Crippen molar-refractivity contribution in [3.63, 3.8) is 0 Å². The van der Waals surface area contributed by atoms with Crippen molar-refractivity contribution in [1.82, 2.24) is 0 Å². The maximum Gasteiger partial charge on any atom is 0.258 e. The molecule has 0 aliphatic rings. The lowest BCUT2D eigenvalue weighted by atomic mass is 10.1. The zero-order valence-corrected chi connectivity index (χ0v) is 38.3. The molecule has 5 aromatic carbocycles. The number of alkyl halides is 3. The molecule has 0 heterocycles. The summed E-state index contributed by atoms with van der Waals surface area (Å²) in [5, 5.41) is 26.9. The Bertz CT molecular complexity index is 2660. The van der Waals surface area contributed by atoms with Crippen LogP contribution in [0.1, 0.15) is 45.7 Å². The van der Waals surface area contributed by atoms with Crippen molar-refractivity contribution in [3.8, 4) is 5.75 Å². The van der Waals surface area contributed by atoms with E-state index < -0.39 is 47.3 Å². The summed E-state index contributed by atoms with van der Waals surface area (Å²) in [7, 11) is 0. The summed E-state index contributed by atoms with van der Waals surface area (Å²) in [5.74, 6) is -3.31. The van der Waals surface area contributed by atoms with Gasteiger partial charge in [0.25, 0.3) is 23.6 Å². The van der Waals surface area contributed by atoms with E-state index >= 15 is 0 Å². The molecule has 0 aliphatic carbocycles. The summed E-state index contributed by atoms with van der Waals surface area (Å²) in [6.45, 7) is 2.30. The topological polar surface area (TPSA) is 209 Å². The van der Waals surface area contributed by atoms with Crippen LogP contribution in [-0.2, 0) is 32.0 Å². The van der Waals surface area contributed by atoms with Crippen LogP contribution in [0.15, 0.2) is 124 Å². The largest absolute Gasteiger partial charge is 0.476 e. The van der Waals surface area contributed by atoms with E-state index in [1.807, 2.05) is 12.1 Å². The van der Waals surface area contributed by atoms with Gasteiger partial charge in [0.1, 0.15) is 5.75 Å². The average Bonchev–Trinajstić information content (AvgIpc) is 3.26. The molecule has 0 radical (unpaired) electrons. The van der Waals surface area contributed by atoms with Crippen LogP contribution in [0.2, 0.25) is 10.0 Å². The van der Waals surface area contributed by atoms with Crippen molar-refractivity contribution >= 4 is 127 Å². The minimum Gasteiger partial charge on any atom is -0.476 e. The Morgan fingerprint density at radius 2 is 1.02 bits per heavy atom. The molecule has 2 atom stereocenters. The second-order valence-corrected chi connectivity index (χ2v) is 15.7. The Labute approximate surface area is 398 Å². The molecule has 0 aromatic heterocycles. The zero-order valence-electron chi connectivity index (χ0n) is 34.5. The molecule has 0 saturated heterocycles. The average molecular weight is 981 g/mol. The first-order valence-electron chi connectivity index (χ1n) is 19.5. The zero-order chi connectivity index (χ0) is 47.0. The van der Waals surface area contributed by atoms with Crippen LogP contribution in [0, 0.1) is 0 Å². The normalized spacial score (nSPS) is 12.0. The molecule has 4 amide bonds. The van der Waals surface area contributed by atoms with Gasteiger partial charge in [-0.1, -0.05) is 59.1 Å². The quantitative estimate of drug-likeness (QED) is 0.0336. The molecule has 0 aliphatic heterocycles. The summed E-state index contributed by atoms with van der Waals surface area (Å²) in [5.41, 5.74) is 3.49. The van der Waals surface area contributed by atoms with Gasteiger partial charge < -0.3 is 26.0 Å². The molecule has 336 valence electrons. The number of azo groups is 2. The van der Waals surface area contributed by atoms with Crippen molar-refractivity contribution in [3.05, 3.63) is 135 Å². The van der Waals surface area contributed by atoms with Gasteiger partial charge in [-0.05, 0) is 111 Å². The number of benzene rings is 5. The van der Waals surface area contributed by atoms with Gasteiger partial charge in [0.05, 0.1) is 38.2 Å². The van der Waals surface area contributed by atoms with Crippen molar-refractivity contribution in [2.24, 2.45) is 20.5 Å². The standard InChI is InChI=1S/C45H39Cl5N8O7/c1-25(59)40(57-55-32-9-12-36(49)34(21-32)42(61)51-29-7-3-5-27(19-29)15-17-46)44(63)53-31-11-14-38(39(23-31)65-24-48)54-45(64)41(26(2)60)58-56-33-10-13-37(50)35(22-33)43(62)52-30-8-4-6-28(20-30)16-18-47/h3-14,19-23,40-41H,15-18,24H2,1-2H3,(H,51,61)(H,52,62)(H,53,63)(H,54,64). The second-order valence-electron chi connectivity index (χ2n) is 13.9. The van der Waals surface area contributed by atoms with Crippen LogP contribution in [-0.4, -0.2) is 65.1 Å². The van der Waals surface area contributed by atoms with Gasteiger partial charge >= 0.3 is 0 Å². The summed E-state index contributed by atoms with van der Waals surface area (Å²) in [4.78, 5) is 78.3. The molecule has 20 heteroatoms. The Hall–Kier alpha value is -6.23. The van der Waals surface area contributed by atoms with Crippen molar-refractivity contribution in [2.75, 3.05) is 39.1 Å². The lowest BCUT2D eigenvalue weighted by Crippen LogP contribution is -2.32. The van der Waals surface area contributed by atoms with Crippen molar-refractivity contribution in [2.45, 2.75) is 38.8 Å². The summed E-state index contributed by atoms with van der Waals surface area (Å²) in [6, 6.07) is 23.3. The molecule has 5 aromatic rings. The van der Waals surface area contributed by atoms with E-state index in [0.717, 1.165) is 25.0 Å². The number of halogens is 5. The van der Waals surface area contributed by atoms with E-state index in [0.29, 0.717) is 36.0 Å². The number of hydrogen-bond acceptors (Lipinski definition) is 11. The number of nitrogens with one attached hydrogen (secondary N) is 4. The van der Waals surface area contributed by atoms with E-state index in [2.05, 4.69) is 41.7 Å². The fourth-order valence-electron chi connectivity index (χ4n) is 5.90. The van der Waals surface area contributed by atoms with Crippen LogP contribution in [0.3, 0.4) is 0 Å². The number of carbonyl (C=O) groups excluding carboxylic acids is 6. The molecule has 0 bridgehead atoms. The molecule has 0 spiro atoms. The van der Waals surface area contributed by atoms with E-state index in [4.69, 9.17) is 62.7 Å². The molecule has 0 fully saturated rings. The molecule has 5 rings (SSSR count). The number of Topliss-reactive ketones (excluding diaryl/α,β-unsaturated/α-hetero) is 2. The predicted molar refractivity (Wildman–Crippen MR) is 254 cm³/mol. The van der Waals surface area contributed by atoms with Gasteiger partial charge in [0.2, 0.25) is 12.1 Å². The molecule has 4 N–H and O–H groups in total. The van der Waals surface area contributed by atoms with Crippen LogP contribution < -0.4 is 26.0 Å². The Kier molecular flexibility index (Phi) is 18.5. The van der Waals surface area contributed by atoms with Gasteiger partial charge in [-0.2, -0.15) is 20.5 Å². The van der Waals surface area contributed by atoms with Crippen molar-refractivity contribution in [1.29, 1.82) is 0 Å². The summed E-state index contributed by atoms with van der Waals surface area (Å²) >= 11 is 30.2. The Morgan fingerprint density at radius 1 is 0.554 bits per heavy atom.